The lowest BCUT2D eigenvalue weighted by Gasteiger charge is -2.26. The first-order valence-electron chi connectivity index (χ1n) is 9.42. The standard InChI is InChI=1S/C22H16F2N4O2/c23-15-5-3-6-16(24)21(15)18-12-25-20-10-13(11-26-28(18)20)22(29)27-17-8-9-30-19-7-2-1-4-14(17)19/h1-7,10-12,17H,8-9H2,(H,27,29)/t17-/m0/s1. The average molecular weight is 406 g/mol. The van der Waals surface area contributed by atoms with Crippen molar-refractivity contribution in [2.45, 2.75) is 12.5 Å². The SMILES string of the molecule is O=C(N[C@H]1CCOc2ccccc21)c1cnn2c(-c3c(F)cccc3F)cnc2c1. The number of ether oxygens (including phenoxy) is 1. The molecule has 1 aliphatic rings. The highest BCUT2D eigenvalue weighted by Gasteiger charge is 2.24. The molecule has 1 atom stereocenters. The van der Waals surface area contributed by atoms with Crippen molar-refractivity contribution in [3.05, 3.63) is 83.7 Å². The van der Waals surface area contributed by atoms with Gasteiger partial charge in [-0.1, -0.05) is 24.3 Å². The number of hydrogen-bond donors (Lipinski definition) is 1. The number of rotatable bonds is 3. The van der Waals surface area contributed by atoms with Crippen molar-refractivity contribution >= 4 is 11.6 Å². The summed E-state index contributed by atoms with van der Waals surface area (Å²) in [7, 11) is 0. The van der Waals surface area contributed by atoms with E-state index < -0.39 is 11.6 Å². The highest BCUT2D eigenvalue weighted by molar-refractivity contribution is 5.95. The van der Waals surface area contributed by atoms with Crippen molar-refractivity contribution in [2.24, 2.45) is 0 Å². The second-order valence-electron chi connectivity index (χ2n) is 6.96. The molecule has 0 saturated heterocycles. The van der Waals surface area contributed by atoms with E-state index >= 15 is 0 Å². The Labute approximate surface area is 170 Å². The molecule has 1 N–H and O–H groups in total. The molecule has 3 heterocycles. The van der Waals surface area contributed by atoms with Crippen LogP contribution in [0.2, 0.25) is 0 Å². The fraction of sp³-hybridized carbons (Fsp3) is 0.136. The molecule has 6 nitrogen and oxygen atoms in total. The van der Waals surface area contributed by atoms with Crippen LogP contribution in [0, 0.1) is 11.6 Å². The number of halogens is 2. The van der Waals surface area contributed by atoms with Crippen LogP contribution in [0.5, 0.6) is 5.75 Å². The molecular formula is C22H16F2N4O2. The van der Waals surface area contributed by atoms with Crippen LogP contribution in [0.25, 0.3) is 16.9 Å². The topological polar surface area (TPSA) is 68.5 Å². The van der Waals surface area contributed by atoms with Gasteiger partial charge in [-0.25, -0.2) is 18.3 Å². The van der Waals surface area contributed by atoms with Crippen molar-refractivity contribution in [3.63, 3.8) is 0 Å². The monoisotopic (exact) mass is 406 g/mol. The average Bonchev–Trinajstić information content (AvgIpc) is 3.17. The molecule has 2 aromatic carbocycles. The van der Waals surface area contributed by atoms with E-state index in [1.54, 1.807) is 0 Å². The fourth-order valence-electron chi connectivity index (χ4n) is 3.65. The summed E-state index contributed by atoms with van der Waals surface area (Å²) < 4.78 is 35.2. The van der Waals surface area contributed by atoms with Crippen LogP contribution in [0.15, 0.2) is 60.9 Å². The molecule has 0 fully saturated rings. The Morgan fingerprint density at radius 3 is 2.73 bits per heavy atom. The fourth-order valence-corrected chi connectivity index (χ4v) is 3.65. The van der Waals surface area contributed by atoms with Gasteiger partial charge in [-0.05, 0) is 24.3 Å². The lowest BCUT2D eigenvalue weighted by molar-refractivity contribution is 0.0924. The van der Waals surface area contributed by atoms with E-state index in [1.165, 1.54) is 41.2 Å². The van der Waals surface area contributed by atoms with Gasteiger partial charge < -0.3 is 10.1 Å². The number of imidazole rings is 1. The molecule has 4 aromatic rings. The molecule has 0 bridgehead atoms. The quantitative estimate of drug-likeness (QED) is 0.560. The van der Waals surface area contributed by atoms with Gasteiger partial charge in [0.1, 0.15) is 17.4 Å². The third kappa shape index (κ3) is 3.06. The number of aromatic nitrogens is 3. The number of hydrogen-bond acceptors (Lipinski definition) is 4. The Bertz CT molecular complexity index is 1250. The maximum atomic E-state index is 14.1. The number of carbonyl (C=O) groups is 1. The van der Waals surface area contributed by atoms with Gasteiger partial charge >= 0.3 is 0 Å². The Morgan fingerprint density at radius 1 is 1.10 bits per heavy atom. The molecule has 1 amide bonds. The van der Waals surface area contributed by atoms with Gasteiger partial charge in [-0.2, -0.15) is 5.10 Å². The van der Waals surface area contributed by atoms with Crippen LogP contribution >= 0.6 is 0 Å². The number of nitrogens with zero attached hydrogens (tertiary/aromatic N) is 3. The Kier molecular flexibility index (Phi) is 4.39. The van der Waals surface area contributed by atoms with Crippen LogP contribution in [0.3, 0.4) is 0 Å². The van der Waals surface area contributed by atoms with E-state index in [4.69, 9.17) is 4.74 Å². The number of nitrogens with one attached hydrogen (secondary N) is 1. The molecule has 8 heteroatoms. The van der Waals surface area contributed by atoms with Gasteiger partial charge in [0.15, 0.2) is 5.65 Å². The summed E-state index contributed by atoms with van der Waals surface area (Å²) in [5.74, 6) is -0.974. The van der Waals surface area contributed by atoms with Gasteiger partial charge in [-0.15, -0.1) is 0 Å². The van der Waals surface area contributed by atoms with Gasteiger partial charge in [0, 0.05) is 12.0 Å². The molecule has 0 unspecified atom stereocenters. The zero-order chi connectivity index (χ0) is 20.7. The second-order valence-corrected chi connectivity index (χ2v) is 6.96. The van der Waals surface area contributed by atoms with Crippen molar-refractivity contribution in [1.82, 2.24) is 19.9 Å². The van der Waals surface area contributed by atoms with E-state index in [1.807, 2.05) is 24.3 Å². The molecule has 5 rings (SSSR count). The highest BCUT2D eigenvalue weighted by atomic mass is 19.1. The van der Waals surface area contributed by atoms with Crippen LogP contribution in [0.1, 0.15) is 28.4 Å². The van der Waals surface area contributed by atoms with Crippen molar-refractivity contribution < 1.29 is 18.3 Å². The van der Waals surface area contributed by atoms with Crippen molar-refractivity contribution in [2.75, 3.05) is 6.61 Å². The number of para-hydroxylation sites is 1. The summed E-state index contributed by atoms with van der Waals surface area (Å²) in [6, 6.07) is 12.6. The predicted molar refractivity (Wildman–Crippen MR) is 105 cm³/mol. The minimum absolute atomic E-state index is 0.172. The lowest BCUT2D eigenvalue weighted by atomic mass is 10.0. The summed E-state index contributed by atoms with van der Waals surface area (Å²) in [5, 5.41) is 7.19. The van der Waals surface area contributed by atoms with Crippen molar-refractivity contribution in [1.29, 1.82) is 0 Å². The zero-order valence-electron chi connectivity index (χ0n) is 15.7. The highest BCUT2D eigenvalue weighted by Crippen LogP contribution is 2.32. The summed E-state index contributed by atoms with van der Waals surface area (Å²) in [4.78, 5) is 17.0. The van der Waals surface area contributed by atoms with Gasteiger partial charge in [0.05, 0.1) is 41.9 Å². The van der Waals surface area contributed by atoms with Crippen molar-refractivity contribution in [3.8, 4) is 17.0 Å². The Hall–Kier alpha value is -3.81. The molecule has 0 saturated carbocycles. The number of benzene rings is 2. The van der Waals surface area contributed by atoms with E-state index in [9.17, 15) is 13.6 Å². The van der Waals surface area contributed by atoms with Crippen LogP contribution in [-0.2, 0) is 0 Å². The first-order chi connectivity index (χ1) is 14.6. The van der Waals surface area contributed by atoms with E-state index in [2.05, 4.69) is 15.4 Å². The number of amides is 1. The largest absolute Gasteiger partial charge is 0.493 e. The minimum atomic E-state index is -0.710. The first kappa shape index (κ1) is 18.2. The Morgan fingerprint density at radius 2 is 1.90 bits per heavy atom. The van der Waals surface area contributed by atoms with Crippen LogP contribution < -0.4 is 10.1 Å². The first-order valence-corrected chi connectivity index (χ1v) is 9.42. The predicted octanol–water partition coefficient (Wildman–Crippen LogP) is 3.93. The van der Waals surface area contributed by atoms with E-state index in [0.717, 1.165) is 11.3 Å². The smallest absolute Gasteiger partial charge is 0.253 e. The van der Waals surface area contributed by atoms with Gasteiger partial charge in [0.25, 0.3) is 5.91 Å². The van der Waals surface area contributed by atoms with Gasteiger partial charge in [-0.3, -0.25) is 4.79 Å². The number of carbonyl (C=O) groups excluding carboxylic acids is 1. The number of fused-ring (bicyclic) bond motifs is 2. The molecule has 30 heavy (non-hydrogen) atoms. The third-order valence-corrected chi connectivity index (χ3v) is 5.11. The summed E-state index contributed by atoms with van der Waals surface area (Å²) in [6.45, 7) is 0.511. The van der Waals surface area contributed by atoms with E-state index in [0.29, 0.717) is 24.2 Å². The maximum Gasteiger partial charge on any atom is 0.253 e. The maximum absolute atomic E-state index is 14.1. The molecule has 0 radical (unpaired) electrons. The second kappa shape index (κ2) is 7.22. The normalized spacial score (nSPS) is 15.5. The molecular weight excluding hydrogens is 390 g/mol. The lowest BCUT2D eigenvalue weighted by Crippen LogP contribution is -2.32. The summed E-state index contributed by atoms with van der Waals surface area (Å²) in [5.41, 5.74) is 1.49. The van der Waals surface area contributed by atoms with E-state index in [-0.39, 0.29) is 23.2 Å². The summed E-state index contributed by atoms with van der Waals surface area (Å²) in [6.07, 6.45) is 3.34. The molecule has 1 aliphatic heterocycles. The Balaban J connectivity index is 1.45. The molecule has 0 spiro atoms. The van der Waals surface area contributed by atoms with Crippen LogP contribution in [0.4, 0.5) is 8.78 Å². The zero-order valence-corrected chi connectivity index (χ0v) is 15.7. The minimum Gasteiger partial charge on any atom is -0.493 e. The molecule has 150 valence electrons. The molecule has 2 aromatic heterocycles. The third-order valence-electron chi connectivity index (χ3n) is 5.11. The van der Waals surface area contributed by atoms with Crippen LogP contribution in [-0.4, -0.2) is 27.1 Å². The summed E-state index contributed by atoms with van der Waals surface area (Å²) >= 11 is 0. The van der Waals surface area contributed by atoms with Gasteiger partial charge in [0.2, 0.25) is 0 Å². The molecule has 0 aliphatic carbocycles.